The number of rotatable bonds is 19. The summed E-state index contributed by atoms with van der Waals surface area (Å²) in [5.41, 5.74) is 10.1. The first-order valence-electron chi connectivity index (χ1n) is 25.6. The largest absolute Gasteiger partial charge is 0.489 e. The number of carbonyl (C=O) groups is 4. The highest BCUT2D eigenvalue weighted by Gasteiger charge is 2.31. The third-order valence-electron chi connectivity index (χ3n) is 14.0. The molecule has 0 unspecified atom stereocenters. The topological polar surface area (TPSA) is 198 Å². The molecule has 18 heteroatoms. The van der Waals surface area contributed by atoms with Crippen LogP contribution in [0.3, 0.4) is 0 Å². The summed E-state index contributed by atoms with van der Waals surface area (Å²) in [4.78, 5) is 56.6. The molecule has 4 aromatic carbocycles. The predicted molar refractivity (Wildman–Crippen MR) is 294 cm³/mol. The minimum absolute atomic E-state index is 0. The summed E-state index contributed by atoms with van der Waals surface area (Å²) in [5, 5.41) is 33.9. The number of halogens is 3. The number of nitrogens with one attached hydrogen (secondary N) is 1. The van der Waals surface area contributed by atoms with Crippen LogP contribution in [0.1, 0.15) is 115 Å². The Hall–Kier alpha value is -4.53. The molecule has 4 aliphatic heterocycles. The number of ketones is 2. The minimum Gasteiger partial charge on any atom is -0.489 e. The molecule has 6 N–H and O–H groups in total. The van der Waals surface area contributed by atoms with Crippen molar-refractivity contribution in [2.24, 2.45) is 5.73 Å². The van der Waals surface area contributed by atoms with Gasteiger partial charge in [-0.15, -0.1) is 24.0 Å². The van der Waals surface area contributed by atoms with Crippen molar-refractivity contribution in [1.29, 1.82) is 0 Å². The van der Waals surface area contributed by atoms with E-state index in [2.05, 4.69) is 24.9 Å². The highest BCUT2D eigenvalue weighted by atomic mass is 127. The lowest BCUT2D eigenvalue weighted by Gasteiger charge is -2.34. The number of Topliss-reactive ketones (excluding diaryl/α,β-unsaturated/α-hetero) is 2. The molecular formula is C55H69Cl2IN6O9. The number of benzene rings is 4. The van der Waals surface area contributed by atoms with Crippen LogP contribution in [0, 0.1) is 0 Å². The van der Waals surface area contributed by atoms with E-state index in [1.54, 1.807) is 48.5 Å². The number of aliphatic hydroxyl groups excluding tert-OH is 2. The van der Waals surface area contributed by atoms with Crippen molar-refractivity contribution in [2.45, 2.75) is 107 Å². The van der Waals surface area contributed by atoms with Crippen LogP contribution in [0.5, 0.6) is 11.5 Å². The van der Waals surface area contributed by atoms with Gasteiger partial charge in [0.1, 0.15) is 17.6 Å². The number of carboxylic acid groups (broad SMARTS) is 1. The fraction of sp³-hybridized carbons (Fsp3) is 0.491. The molecule has 0 aromatic heterocycles. The van der Waals surface area contributed by atoms with E-state index in [-0.39, 0.29) is 41.7 Å². The molecule has 0 bridgehead atoms. The quantitative estimate of drug-likeness (QED) is 0.0343. The van der Waals surface area contributed by atoms with E-state index in [9.17, 15) is 29.4 Å². The van der Waals surface area contributed by atoms with Gasteiger partial charge in [-0.25, -0.2) is 4.79 Å². The highest BCUT2D eigenvalue weighted by molar-refractivity contribution is 14.0. The number of amides is 1. The third-order valence-corrected chi connectivity index (χ3v) is 14.6. The zero-order valence-corrected chi connectivity index (χ0v) is 45.1. The lowest BCUT2D eigenvalue weighted by Crippen LogP contribution is -2.48. The van der Waals surface area contributed by atoms with Crippen LogP contribution in [0.2, 0.25) is 10.0 Å². The number of ether oxygens (including phenoxy) is 2. The standard InChI is InChI=1S/C28H34ClN3O4.C15H21ClN2O2.C12H13NO3.HI/c29-23-17-20(7-12-25(23)36-22-10-11-22)26(33)24(18-31-13-1-2-14-31)30-28(35)27(34)19-5-8-21(9-6-19)32-15-3-4-16-32;16-12-8-10(2-5-14(12)20-11-3-4-11)15(19)13(17)9-18-6-1-7-18;14-11(12(15)16)9-3-5-10(6-4-9)13-7-1-2-8-13;/h5-9,12,17,22,24,26,33H,1-4,10-11,13-16,18H2,(H,30,35);2,5,8,11,13,15,19H,1,3-4,6-7,9,17H2;3-6H,1-2,7-8H2,(H,15,16);1H/t24-,26-;13-,15-;;/m11../s1. The Morgan fingerprint density at radius 3 is 1.40 bits per heavy atom. The normalized spacial score (nSPS) is 19.1. The van der Waals surface area contributed by atoms with Gasteiger partial charge in [-0.1, -0.05) is 35.3 Å². The molecule has 0 spiro atoms. The maximum absolute atomic E-state index is 13.0. The van der Waals surface area contributed by atoms with Crippen LogP contribution in [0.25, 0.3) is 0 Å². The molecule has 4 saturated heterocycles. The average molecular weight is 1160 g/mol. The molecule has 10 rings (SSSR count). The molecule has 2 aliphatic carbocycles. The molecule has 73 heavy (non-hydrogen) atoms. The molecular weight excluding hydrogens is 1090 g/mol. The van der Waals surface area contributed by atoms with E-state index >= 15 is 0 Å². The molecule has 394 valence electrons. The van der Waals surface area contributed by atoms with Crippen molar-refractivity contribution in [3.63, 3.8) is 0 Å². The number of nitrogens with two attached hydrogens (primary N) is 1. The van der Waals surface area contributed by atoms with Gasteiger partial charge in [0.2, 0.25) is 5.78 Å². The number of carbonyl (C=O) groups excluding carboxylic acids is 3. The van der Waals surface area contributed by atoms with Gasteiger partial charge in [-0.05, 0) is 181 Å². The molecule has 6 aliphatic rings. The van der Waals surface area contributed by atoms with E-state index in [1.165, 1.54) is 32.1 Å². The van der Waals surface area contributed by atoms with Crippen LogP contribution in [-0.4, -0.2) is 138 Å². The number of aliphatic carboxylic acids is 1. The first kappa shape index (κ1) is 56.2. The lowest BCUT2D eigenvalue weighted by atomic mass is 10.0. The molecule has 4 atom stereocenters. The molecule has 15 nitrogen and oxygen atoms in total. The molecule has 6 fully saturated rings. The zero-order valence-electron chi connectivity index (χ0n) is 41.2. The van der Waals surface area contributed by atoms with E-state index in [4.69, 9.17) is 43.5 Å². The van der Waals surface area contributed by atoms with E-state index in [0.717, 1.165) is 114 Å². The van der Waals surface area contributed by atoms with Gasteiger partial charge in [-0.2, -0.15) is 0 Å². The molecule has 4 heterocycles. The van der Waals surface area contributed by atoms with Crippen molar-refractivity contribution in [3.05, 3.63) is 117 Å². The summed E-state index contributed by atoms with van der Waals surface area (Å²) in [7, 11) is 0. The summed E-state index contributed by atoms with van der Waals surface area (Å²) in [6.45, 7) is 9.23. The summed E-state index contributed by atoms with van der Waals surface area (Å²) >= 11 is 12.6. The second kappa shape index (κ2) is 26.8. The first-order chi connectivity index (χ1) is 34.8. The number of nitrogens with zero attached hydrogens (tertiary/aromatic N) is 4. The summed E-state index contributed by atoms with van der Waals surface area (Å²) < 4.78 is 11.5. The van der Waals surface area contributed by atoms with Crippen LogP contribution in [0.15, 0.2) is 84.9 Å². The Morgan fingerprint density at radius 2 is 0.986 bits per heavy atom. The van der Waals surface area contributed by atoms with Crippen LogP contribution in [-0.2, 0) is 9.59 Å². The van der Waals surface area contributed by atoms with Crippen LogP contribution >= 0.6 is 47.2 Å². The number of hydrogen-bond acceptors (Lipinski definition) is 13. The Morgan fingerprint density at radius 1 is 0.575 bits per heavy atom. The van der Waals surface area contributed by atoms with E-state index in [1.807, 2.05) is 36.4 Å². The number of hydrogen-bond donors (Lipinski definition) is 5. The minimum atomic E-state index is -1.41. The highest BCUT2D eigenvalue weighted by Crippen LogP contribution is 2.36. The number of anilines is 2. The van der Waals surface area contributed by atoms with Crippen LogP contribution in [0.4, 0.5) is 11.4 Å². The van der Waals surface area contributed by atoms with Crippen molar-refractivity contribution in [2.75, 3.05) is 75.2 Å². The SMILES string of the molecule is I.N[C@H](CN1CCC1)[C@H](O)c1ccc(OC2CC2)c(Cl)c1.O=C(N[C@H](CN1CCCC1)[C@H](O)c1ccc(OC2CC2)c(Cl)c1)C(=O)c1ccc(N2CCCC2)cc1.O=C(O)C(=O)c1ccc(N2CCCC2)cc1. The maximum Gasteiger partial charge on any atom is 0.377 e. The summed E-state index contributed by atoms with van der Waals surface area (Å²) in [5.74, 6) is -2.29. The van der Waals surface area contributed by atoms with Gasteiger partial charge >= 0.3 is 5.97 Å². The lowest BCUT2D eigenvalue weighted by molar-refractivity contribution is -0.131. The van der Waals surface area contributed by atoms with E-state index < -0.39 is 41.7 Å². The fourth-order valence-electron chi connectivity index (χ4n) is 9.32. The fourth-order valence-corrected chi connectivity index (χ4v) is 9.79. The second-order valence-corrected chi connectivity index (χ2v) is 20.6. The Labute approximate surface area is 455 Å². The zero-order chi connectivity index (χ0) is 50.7. The van der Waals surface area contributed by atoms with Crippen molar-refractivity contribution < 1.29 is 44.0 Å². The number of carboxylic acids is 1. The Kier molecular flexibility index (Phi) is 20.6. The molecule has 2 saturated carbocycles. The maximum atomic E-state index is 13.0. The van der Waals surface area contributed by atoms with Gasteiger partial charge in [0.15, 0.2) is 0 Å². The van der Waals surface area contributed by atoms with Crippen molar-refractivity contribution >= 4 is 82.0 Å². The predicted octanol–water partition coefficient (Wildman–Crippen LogP) is 8.10. The molecule has 4 aromatic rings. The van der Waals surface area contributed by atoms with Gasteiger partial charge in [0.25, 0.3) is 11.7 Å². The number of aliphatic hydroxyl groups is 2. The molecule has 1 amide bonds. The van der Waals surface area contributed by atoms with Gasteiger partial charge in [-0.3, -0.25) is 14.4 Å². The van der Waals surface area contributed by atoms with Crippen molar-refractivity contribution in [1.82, 2.24) is 15.1 Å². The Bertz CT molecular complexity index is 2480. The second-order valence-electron chi connectivity index (χ2n) is 19.8. The monoisotopic (exact) mass is 1150 g/mol. The Balaban J connectivity index is 0.000000177. The van der Waals surface area contributed by atoms with Crippen molar-refractivity contribution in [3.8, 4) is 11.5 Å². The summed E-state index contributed by atoms with van der Waals surface area (Å²) in [6.07, 6.45) is 11.2. The average Bonchev–Trinajstić information content (AvgIpc) is 4.11. The van der Waals surface area contributed by atoms with Gasteiger partial charge in [0, 0.05) is 67.8 Å². The summed E-state index contributed by atoms with van der Waals surface area (Å²) in [6, 6.07) is 23.7. The first-order valence-corrected chi connectivity index (χ1v) is 26.4. The van der Waals surface area contributed by atoms with Gasteiger partial charge in [0.05, 0.1) is 34.4 Å². The smallest absolute Gasteiger partial charge is 0.377 e. The third kappa shape index (κ3) is 16.0. The molecule has 0 radical (unpaired) electrons. The van der Waals surface area contributed by atoms with Crippen LogP contribution < -0.4 is 30.3 Å². The van der Waals surface area contributed by atoms with Gasteiger partial charge < -0.3 is 55.4 Å². The van der Waals surface area contributed by atoms with E-state index in [0.29, 0.717) is 45.3 Å². The number of likely N-dealkylation sites (tertiary alicyclic amines) is 2.